The van der Waals surface area contributed by atoms with Gasteiger partial charge in [0.05, 0.1) is 10.7 Å². The maximum Gasteiger partial charge on any atom is 0.432 e. The molecule has 0 saturated carbocycles. The number of nitrogens with one attached hydrogen (secondary N) is 1. The van der Waals surface area contributed by atoms with Gasteiger partial charge in [-0.3, -0.25) is 4.79 Å². The number of fused-ring (bicyclic) bond motifs is 1. The van der Waals surface area contributed by atoms with Gasteiger partial charge in [-0.15, -0.1) is 0 Å². The largest absolute Gasteiger partial charge is 0.432 e. The maximum atomic E-state index is 13.5. The standard InChI is InChI=1S/C16H12ClF4N3O2/c1-24-13(15(25)22-7-2-4-10(18)9(17)6-7)8-3-5-11(23-26)12(8)14(24)16(19,20)21/h2,4,6,26H,3,5H2,1H3,(H,22,25)/b23-11+. The summed E-state index contributed by atoms with van der Waals surface area (Å²) in [6.07, 6.45) is -4.52. The lowest BCUT2D eigenvalue weighted by Crippen LogP contribution is -2.21. The van der Waals surface area contributed by atoms with Crippen LogP contribution in [0.25, 0.3) is 0 Å². The summed E-state index contributed by atoms with van der Waals surface area (Å²) in [5, 5.41) is 14.1. The molecule has 1 aromatic heterocycles. The van der Waals surface area contributed by atoms with E-state index in [0.717, 1.165) is 23.7 Å². The van der Waals surface area contributed by atoms with Crippen LogP contribution in [-0.2, 0) is 19.6 Å². The smallest absolute Gasteiger partial charge is 0.411 e. The van der Waals surface area contributed by atoms with Gasteiger partial charge in [0.2, 0.25) is 0 Å². The minimum Gasteiger partial charge on any atom is -0.411 e. The monoisotopic (exact) mass is 389 g/mol. The van der Waals surface area contributed by atoms with Crippen LogP contribution in [0.15, 0.2) is 23.4 Å². The van der Waals surface area contributed by atoms with Crippen LogP contribution in [0.3, 0.4) is 0 Å². The van der Waals surface area contributed by atoms with Crippen LogP contribution in [-0.4, -0.2) is 21.4 Å². The topological polar surface area (TPSA) is 66.6 Å². The number of aromatic nitrogens is 1. The summed E-state index contributed by atoms with van der Waals surface area (Å²) in [6.45, 7) is 0. The Labute approximate surface area is 149 Å². The van der Waals surface area contributed by atoms with E-state index in [4.69, 9.17) is 16.8 Å². The van der Waals surface area contributed by atoms with E-state index in [0.29, 0.717) is 0 Å². The molecule has 0 atom stereocenters. The fourth-order valence-corrected chi connectivity index (χ4v) is 3.33. The van der Waals surface area contributed by atoms with E-state index in [2.05, 4.69) is 10.5 Å². The van der Waals surface area contributed by atoms with E-state index >= 15 is 0 Å². The van der Waals surface area contributed by atoms with Crippen LogP contribution in [0.1, 0.15) is 33.7 Å². The first-order valence-electron chi connectivity index (χ1n) is 7.41. The van der Waals surface area contributed by atoms with Crippen molar-refractivity contribution in [1.29, 1.82) is 0 Å². The van der Waals surface area contributed by atoms with Crippen LogP contribution in [0.2, 0.25) is 5.02 Å². The average molecular weight is 390 g/mol. The fraction of sp³-hybridized carbons (Fsp3) is 0.250. The molecule has 26 heavy (non-hydrogen) atoms. The van der Waals surface area contributed by atoms with Gasteiger partial charge in [0.15, 0.2) is 0 Å². The zero-order valence-electron chi connectivity index (χ0n) is 13.3. The van der Waals surface area contributed by atoms with Crippen molar-refractivity contribution in [2.45, 2.75) is 19.0 Å². The van der Waals surface area contributed by atoms with Crippen molar-refractivity contribution < 1.29 is 27.6 Å². The lowest BCUT2D eigenvalue weighted by Gasteiger charge is -2.13. The number of alkyl halides is 3. The molecule has 10 heteroatoms. The van der Waals surface area contributed by atoms with Crippen molar-refractivity contribution in [1.82, 2.24) is 4.57 Å². The van der Waals surface area contributed by atoms with Crippen molar-refractivity contribution in [2.24, 2.45) is 12.2 Å². The molecule has 1 aliphatic rings. The molecule has 1 aromatic carbocycles. The number of oxime groups is 1. The molecule has 5 nitrogen and oxygen atoms in total. The molecule has 0 radical (unpaired) electrons. The Balaban J connectivity index is 2.08. The third-order valence-electron chi connectivity index (χ3n) is 4.18. The van der Waals surface area contributed by atoms with Crippen LogP contribution < -0.4 is 5.32 Å². The highest BCUT2D eigenvalue weighted by Gasteiger charge is 2.44. The Bertz CT molecular complexity index is 935. The molecule has 1 heterocycles. The summed E-state index contributed by atoms with van der Waals surface area (Å²) in [7, 11) is 1.11. The lowest BCUT2D eigenvalue weighted by molar-refractivity contribution is -0.143. The Morgan fingerprint density at radius 1 is 1.35 bits per heavy atom. The highest BCUT2D eigenvalue weighted by Crippen LogP contribution is 2.40. The van der Waals surface area contributed by atoms with E-state index in [-0.39, 0.29) is 46.1 Å². The van der Waals surface area contributed by atoms with E-state index in [1.54, 1.807) is 0 Å². The van der Waals surface area contributed by atoms with Crippen molar-refractivity contribution in [3.8, 4) is 0 Å². The van der Waals surface area contributed by atoms with E-state index < -0.39 is 23.6 Å². The molecule has 0 unspecified atom stereocenters. The number of halogens is 5. The summed E-state index contributed by atoms with van der Waals surface area (Å²) in [4.78, 5) is 12.6. The summed E-state index contributed by atoms with van der Waals surface area (Å²) >= 11 is 5.65. The summed E-state index contributed by atoms with van der Waals surface area (Å²) in [5.74, 6) is -1.49. The minimum absolute atomic E-state index is 0.0910. The van der Waals surface area contributed by atoms with E-state index in [1.165, 1.54) is 6.07 Å². The minimum atomic E-state index is -4.74. The third-order valence-corrected chi connectivity index (χ3v) is 4.47. The van der Waals surface area contributed by atoms with Gasteiger partial charge >= 0.3 is 6.18 Å². The second-order valence-electron chi connectivity index (χ2n) is 5.74. The molecule has 2 aromatic rings. The van der Waals surface area contributed by atoms with Gasteiger partial charge < -0.3 is 15.1 Å². The van der Waals surface area contributed by atoms with Crippen molar-refractivity contribution in [3.63, 3.8) is 0 Å². The Kier molecular flexibility index (Phi) is 4.43. The van der Waals surface area contributed by atoms with Crippen molar-refractivity contribution >= 4 is 28.9 Å². The summed E-state index contributed by atoms with van der Waals surface area (Å²) in [6, 6.07) is 3.43. The SMILES string of the molecule is Cn1c(C(=O)Nc2ccc(F)c(Cl)c2)c2c(c1C(F)(F)F)/C(=N/O)CC2. The molecule has 0 aliphatic heterocycles. The van der Waals surface area contributed by atoms with Crippen LogP contribution in [0.5, 0.6) is 0 Å². The quantitative estimate of drug-likeness (QED) is 0.459. The maximum absolute atomic E-state index is 13.5. The zero-order chi connectivity index (χ0) is 19.2. The van der Waals surface area contributed by atoms with E-state index in [9.17, 15) is 22.4 Å². The molecule has 0 bridgehead atoms. The first kappa shape index (κ1) is 18.2. The number of hydrogen-bond donors (Lipinski definition) is 2. The van der Waals surface area contributed by atoms with Gasteiger partial charge in [0.1, 0.15) is 17.2 Å². The van der Waals surface area contributed by atoms with E-state index in [1.807, 2.05) is 0 Å². The Morgan fingerprint density at radius 2 is 2.04 bits per heavy atom. The zero-order valence-corrected chi connectivity index (χ0v) is 14.0. The number of amides is 1. The number of carbonyl (C=O) groups excluding carboxylic acids is 1. The highest BCUT2D eigenvalue weighted by molar-refractivity contribution is 6.31. The summed E-state index contributed by atoms with van der Waals surface area (Å²) < 4.78 is 54.3. The molecule has 1 amide bonds. The second kappa shape index (κ2) is 6.31. The van der Waals surface area contributed by atoms with Gasteiger partial charge in [-0.1, -0.05) is 16.8 Å². The predicted molar refractivity (Wildman–Crippen MR) is 86.4 cm³/mol. The number of hydrogen-bond acceptors (Lipinski definition) is 3. The normalized spacial score (nSPS) is 15.4. The van der Waals surface area contributed by atoms with Crippen molar-refractivity contribution in [2.75, 3.05) is 5.32 Å². The number of rotatable bonds is 2. The predicted octanol–water partition coefficient (Wildman–Crippen LogP) is 4.21. The molecule has 2 N–H and O–H groups in total. The molecule has 0 spiro atoms. The summed E-state index contributed by atoms with van der Waals surface area (Å²) in [5.41, 5.74) is -1.36. The number of nitrogens with zero attached hydrogens (tertiary/aromatic N) is 2. The van der Waals surface area contributed by atoms with Crippen LogP contribution in [0.4, 0.5) is 23.2 Å². The Morgan fingerprint density at radius 3 is 2.62 bits per heavy atom. The fourth-order valence-electron chi connectivity index (χ4n) is 3.15. The van der Waals surface area contributed by atoms with Crippen LogP contribution >= 0.6 is 11.6 Å². The van der Waals surface area contributed by atoms with Crippen LogP contribution in [0, 0.1) is 5.82 Å². The second-order valence-corrected chi connectivity index (χ2v) is 6.14. The van der Waals surface area contributed by atoms with Gasteiger partial charge in [-0.25, -0.2) is 4.39 Å². The Hall–Kier alpha value is -2.55. The third kappa shape index (κ3) is 2.92. The number of anilines is 1. The molecule has 0 fully saturated rings. The average Bonchev–Trinajstić information content (AvgIpc) is 3.06. The first-order chi connectivity index (χ1) is 12.1. The first-order valence-corrected chi connectivity index (χ1v) is 7.79. The number of carbonyl (C=O) groups is 1. The van der Waals surface area contributed by atoms with Gasteiger partial charge in [0.25, 0.3) is 5.91 Å². The van der Waals surface area contributed by atoms with Crippen molar-refractivity contribution in [3.05, 3.63) is 51.6 Å². The highest BCUT2D eigenvalue weighted by atomic mass is 35.5. The number of benzene rings is 1. The van der Waals surface area contributed by atoms with Gasteiger partial charge in [0, 0.05) is 18.3 Å². The molecular weight excluding hydrogens is 378 g/mol. The molecule has 3 rings (SSSR count). The molecule has 138 valence electrons. The van der Waals surface area contributed by atoms with Gasteiger partial charge in [-0.05, 0) is 36.6 Å². The lowest BCUT2D eigenvalue weighted by atomic mass is 10.1. The van der Waals surface area contributed by atoms with Gasteiger partial charge in [-0.2, -0.15) is 13.2 Å². The molecule has 0 saturated heterocycles. The molecular formula is C16H12ClF4N3O2. The molecule has 1 aliphatic carbocycles.